The van der Waals surface area contributed by atoms with Crippen molar-refractivity contribution >= 4 is 18.1 Å². The molecule has 0 spiro atoms. The van der Waals surface area contributed by atoms with Crippen molar-refractivity contribution < 1.29 is 9.59 Å². The third-order valence-corrected chi connectivity index (χ3v) is 2.05. The zero-order chi connectivity index (χ0) is 11.1. The number of ketones is 1. The highest BCUT2D eigenvalue weighted by molar-refractivity contribution is 5.76. The normalized spacial score (nSPS) is 10.5. The molecule has 0 aliphatic carbocycles. The fourth-order valence-corrected chi connectivity index (χ4v) is 1.19. The van der Waals surface area contributed by atoms with E-state index < -0.39 is 0 Å². The van der Waals surface area contributed by atoms with Crippen molar-refractivity contribution in [3.8, 4) is 0 Å². The lowest BCUT2D eigenvalue weighted by Gasteiger charge is -1.94. The van der Waals surface area contributed by atoms with Gasteiger partial charge in [-0.15, -0.1) is 0 Å². The quantitative estimate of drug-likeness (QED) is 0.688. The second-order valence-electron chi connectivity index (χ2n) is 3.43. The number of hydrogen-bond donors (Lipinski definition) is 0. The number of benzene rings is 1. The van der Waals surface area contributed by atoms with Crippen LogP contribution in [0.1, 0.15) is 35.7 Å². The van der Waals surface area contributed by atoms with Gasteiger partial charge in [-0.05, 0) is 18.9 Å². The van der Waals surface area contributed by atoms with Crippen LogP contribution in [0, 0.1) is 0 Å². The van der Waals surface area contributed by atoms with Gasteiger partial charge in [0, 0.05) is 12.0 Å². The lowest BCUT2D eigenvalue weighted by molar-refractivity contribution is -0.116. The van der Waals surface area contributed by atoms with Crippen molar-refractivity contribution in [1.29, 1.82) is 0 Å². The summed E-state index contributed by atoms with van der Waals surface area (Å²) in [6.45, 7) is 1.59. The third kappa shape index (κ3) is 4.36. The van der Waals surface area contributed by atoms with Crippen LogP contribution in [0.25, 0.3) is 6.08 Å². The summed E-state index contributed by atoms with van der Waals surface area (Å²) >= 11 is 0. The number of Topliss-reactive ketones (excluding diaryl/α,β-unsaturated/α-hetero) is 1. The minimum absolute atomic E-state index is 0.205. The molecule has 15 heavy (non-hydrogen) atoms. The summed E-state index contributed by atoms with van der Waals surface area (Å²) in [5.74, 6) is 0.205. The van der Waals surface area contributed by atoms with E-state index in [1.165, 1.54) is 0 Å². The molecule has 0 fully saturated rings. The van der Waals surface area contributed by atoms with E-state index in [-0.39, 0.29) is 5.78 Å². The molecule has 2 nitrogen and oxygen atoms in total. The number of carbonyl (C=O) groups is 2. The van der Waals surface area contributed by atoms with Crippen molar-refractivity contribution in [2.24, 2.45) is 0 Å². The molecule has 0 aromatic heterocycles. The molecular weight excluding hydrogens is 188 g/mol. The smallest absolute Gasteiger partial charge is 0.150 e. The Morgan fingerprint density at radius 3 is 2.33 bits per heavy atom. The Morgan fingerprint density at radius 2 is 1.80 bits per heavy atom. The third-order valence-electron chi connectivity index (χ3n) is 2.05. The highest BCUT2D eigenvalue weighted by Gasteiger charge is 1.91. The standard InChI is InChI=1S/C13H14O2/c1-11(15)4-2-3-5-12-6-8-13(10-14)9-7-12/h3,5-10H,2,4H2,1H3/b5-3+. The number of carbonyl (C=O) groups excluding carboxylic acids is 2. The minimum atomic E-state index is 0.205. The maximum atomic E-state index is 10.7. The molecule has 1 aromatic rings. The molecular formula is C13H14O2. The molecule has 2 heteroatoms. The summed E-state index contributed by atoms with van der Waals surface area (Å²) < 4.78 is 0. The van der Waals surface area contributed by atoms with E-state index >= 15 is 0 Å². The van der Waals surface area contributed by atoms with Crippen LogP contribution in [0.5, 0.6) is 0 Å². The van der Waals surface area contributed by atoms with Crippen molar-refractivity contribution in [3.05, 3.63) is 41.5 Å². The number of hydrogen-bond acceptors (Lipinski definition) is 2. The Kier molecular flexibility index (Phi) is 4.48. The summed E-state index contributed by atoms with van der Waals surface area (Å²) in [6.07, 6.45) is 6.10. The van der Waals surface area contributed by atoms with Crippen LogP contribution >= 0.6 is 0 Å². The Morgan fingerprint density at radius 1 is 1.20 bits per heavy atom. The summed E-state index contributed by atoms with van der Waals surface area (Å²) in [4.78, 5) is 21.1. The zero-order valence-corrected chi connectivity index (χ0v) is 8.77. The second-order valence-corrected chi connectivity index (χ2v) is 3.43. The van der Waals surface area contributed by atoms with E-state index in [0.29, 0.717) is 12.0 Å². The zero-order valence-electron chi connectivity index (χ0n) is 8.77. The van der Waals surface area contributed by atoms with E-state index in [1.54, 1.807) is 19.1 Å². The molecule has 78 valence electrons. The van der Waals surface area contributed by atoms with E-state index in [9.17, 15) is 9.59 Å². The van der Waals surface area contributed by atoms with E-state index in [0.717, 1.165) is 18.3 Å². The fraction of sp³-hybridized carbons (Fsp3) is 0.231. The summed E-state index contributed by atoms with van der Waals surface area (Å²) in [6, 6.07) is 7.32. The lowest BCUT2D eigenvalue weighted by atomic mass is 10.1. The van der Waals surface area contributed by atoms with Gasteiger partial charge in [0.25, 0.3) is 0 Å². The first-order chi connectivity index (χ1) is 7.22. The molecule has 0 atom stereocenters. The van der Waals surface area contributed by atoms with Crippen molar-refractivity contribution in [3.63, 3.8) is 0 Å². The number of aldehydes is 1. The van der Waals surface area contributed by atoms with Crippen LogP contribution < -0.4 is 0 Å². The van der Waals surface area contributed by atoms with Gasteiger partial charge in [0.2, 0.25) is 0 Å². The van der Waals surface area contributed by atoms with Crippen LogP contribution in [-0.4, -0.2) is 12.1 Å². The minimum Gasteiger partial charge on any atom is -0.300 e. The largest absolute Gasteiger partial charge is 0.300 e. The van der Waals surface area contributed by atoms with Gasteiger partial charge in [0.1, 0.15) is 12.1 Å². The highest BCUT2D eigenvalue weighted by atomic mass is 16.1. The topological polar surface area (TPSA) is 34.1 Å². The number of rotatable bonds is 5. The summed E-state index contributed by atoms with van der Waals surface area (Å²) in [5, 5.41) is 0. The van der Waals surface area contributed by atoms with Crippen LogP contribution in [0.4, 0.5) is 0 Å². The highest BCUT2D eigenvalue weighted by Crippen LogP contribution is 2.05. The second kappa shape index (κ2) is 5.91. The first-order valence-electron chi connectivity index (χ1n) is 4.93. The Labute approximate surface area is 89.6 Å². The van der Waals surface area contributed by atoms with Gasteiger partial charge in [-0.25, -0.2) is 0 Å². The molecule has 0 aliphatic rings. The molecule has 0 bridgehead atoms. The van der Waals surface area contributed by atoms with Gasteiger partial charge in [0.15, 0.2) is 0 Å². The molecule has 1 aromatic carbocycles. The predicted molar refractivity (Wildman–Crippen MR) is 60.8 cm³/mol. The molecule has 0 aliphatic heterocycles. The summed E-state index contributed by atoms with van der Waals surface area (Å²) in [5.41, 5.74) is 1.72. The van der Waals surface area contributed by atoms with Crippen molar-refractivity contribution in [1.82, 2.24) is 0 Å². The van der Waals surface area contributed by atoms with E-state index in [1.807, 2.05) is 24.3 Å². The first kappa shape index (κ1) is 11.4. The Bertz CT molecular complexity index is 361. The lowest BCUT2D eigenvalue weighted by Crippen LogP contribution is -1.86. The van der Waals surface area contributed by atoms with Gasteiger partial charge < -0.3 is 4.79 Å². The molecule has 0 amide bonds. The van der Waals surface area contributed by atoms with E-state index in [4.69, 9.17) is 0 Å². The maximum Gasteiger partial charge on any atom is 0.150 e. The molecule has 0 heterocycles. The van der Waals surface area contributed by atoms with Crippen LogP contribution in [0.15, 0.2) is 30.3 Å². The average Bonchev–Trinajstić information content (AvgIpc) is 2.25. The van der Waals surface area contributed by atoms with Gasteiger partial charge in [0.05, 0.1) is 0 Å². The van der Waals surface area contributed by atoms with Crippen molar-refractivity contribution in [2.75, 3.05) is 0 Å². The number of allylic oxidation sites excluding steroid dienone is 1. The van der Waals surface area contributed by atoms with Gasteiger partial charge in [-0.2, -0.15) is 0 Å². The fourth-order valence-electron chi connectivity index (χ4n) is 1.19. The average molecular weight is 202 g/mol. The SMILES string of the molecule is CC(=O)CC/C=C/c1ccc(C=O)cc1. The molecule has 0 radical (unpaired) electrons. The molecule has 0 unspecified atom stereocenters. The maximum absolute atomic E-state index is 10.7. The summed E-state index contributed by atoms with van der Waals surface area (Å²) in [7, 11) is 0. The van der Waals surface area contributed by atoms with Gasteiger partial charge in [-0.3, -0.25) is 4.79 Å². The van der Waals surface area contributed by atoms with Crippen molar-refractivity contribution in [2.45, 2.75) is 19.8 Å². The van der Waals surface area contributed by atoms with Gasteiger partial charge in [-0.1, -0.05) is 36.4 Å². The molecule has 1 rings (SSSR count). The Balaban J connectivity index is 2.49. The van der Waals surface area contributed by atoms with Gasteiger partial charge >= 0.3 is 0 Å². The van der Waals surface area contributed by atoms with Crippen LogP contribution in [0.2, 0.25) is 0 Å². The molecule has 0 saturated heterocycles. The Hall–Kier alpha value is -1.70. The molecule has 0 N–H and O–H groups in total. The molecule has 0 saturated carbocycles. The van der Waals surface area contributed by atoms with E-state index in [2.05, 4.69) is 0 Å². The van der Waals surface area contributed by atoms with Crippen LogP contribution in [-0.2, 0) is 4.79 Å². The predicted octanol–water partition coefficient (Wildman–Crippen LogP) is 2.88. The first-order valence-corrected chi connectivity index (χ1v) is 4.93. The van der Waals surface area contributed by atoms with Crippen LogP contribution in [0.3, 0.4) is 0 Å². The monoisotopic (exact) mass is 202 g/mol.